The molecule has 1 fully saturated rings. The number of carbonyl (C=O) groups excluding carboxylic acids is 1. The van der Waals surface area contributed by atoms with Crippen LogP contribution in [0.25, 0.3) is 11.0 Å². The zero-order chi connectivity index (χ0) is 13.9. The predicted molar refractivity (Wildman–Crippen MR) is 80.3 cm³/mol. The van der Waals surface area contributed by atoms with Crippen LogP contribution in [0.5, 0.6) is 5.75 Å². The van der Waals surface area contributed by atoms with Crippen LogP contribution in [0.4, 0.5) is 0 Å². The van der Waals surface area contributed by atoms with Crippen LogP contribution in [0.2, 0.25) is 0 Å². The van der Waals surface area contributed by atoms with Crippen molar-refractivity contribution in [3.05, 3.63) is 18.2 Å². The van der Waals surface area contributed by atoms with Gasteiger partial charge in [-0.1, -0.05) is 24.6 Å². The fraction of sp³-hybridized carbons (Fsp3) is 0.467. The second kappa shape index (κ2) is 5.87. The van der Waals surface area contributed by atoms with Crippen molar-refractivity contribution in [3.63, 3.8) is 0 Å². The number of ketones is 1. The molecule has 1 aromatic heterocycles. The van der Waals surface area contributed by atoms with Gasteiger partial charge in [-0.3, -0.25) is 4.79 Å². The van der Waals surface area contributed by atoms with E-state index in [9.17, 15) is 4.79 Å². The molecule has 106 valence electrons. The monoisotopic (exact) mass is 290 g/mol. The van der Waals surface area contributed by atoms with Gasteiger partial charge in [-0.2, -0.15) is 0 Å². The quantitative estimate of drug-likeness (QED) is 0.857. The molecule has 5 heteroatoms. The molecule has 0 bridgehead atoms. The number of H-pyrrole nitrogens is 1. The first kappa shape index (κ1) is 13.5. The lowest BCUT2D eigenvalue weighted by molar-refractivity contribution is -0.120. The van der Waals surface area contributed by atoms with Gasteiger partial charge in [0.1, 0.15) is 11.5 Å². The van der Waals surface area contributed by atoms with E-state index < -0.39 is 0 Å². The zero-order valence-corrected chi connectivity index (χ0v) is 12.3. The number of benzene rings is 1. The molecule has 1 saturated carbocycles. The van der Waals surface area contributed by atoms with Crippen LogP contribution in [0, 0.1) is 5.92 Å². The van der Waals surface area contributed by atoms with Gasteiger partial charge >= 0.3 is 0 Å². The van der Waals surface area contributed by atoms with Crippen LogP contribution in [0.15, 0.2) is 23.4 Å². The molecule has 1 aliphatic rings. The van der Waals surface area contributed by atoms with Crippen molar-refractivity contribution in [2.75, 3.05) is 12.9 Å². The highest BCUT2D eigenvalue weighted by molar-refractivity contribution is 7.99. The maximum atomic E-state index is 12.1. The van der Waals surface area contributed by atoms with Crippen LogP contribution in [0.3, 0.4) is 0 Å². The standard InChI is InChI=1S/C15H18N2O2S/c1-19-11-6-7-12-13(8-11)17-15(16-12)20-9-14(18)10-4-2-3-5-10/h6-8,10H,2-5,9H2,1H3,(H,16,17). The summed E-state index contributed by atoms with van der Waals surface area (Å²) in [6.07, 6.45) is 4.53. The van der Waals surface area contributed by atoms with Gasteiger partial charge in [0.2, 0.25) is 0 Å². The molecule has 0 aliphatic heterocycles. The van der Waals surface area contributed by atoms with E-state index >= 15 is 0 Å². The average molecular weight is 290 g/mol. The van der Waals surface area contributed by atoms with Crippen molar-refractivity contribution >= 4 is 28.6 Å². The van der Waals surface area contributed by atoms with Crippen molar-refractivity contribution in [3.8, 4) is 5.75 Å². The van der Waals surface area contributed by atoms with Gasteiger partial charge in [-0.15, -0.1) is 0 Å². The number of nitrogens with zero attached hydrogens (tertiary/aromatic N) is 1. The number of methoxy groups -OCH3 is 1. The van der Waals surface area contributed by atoms with Crippen LogP contribution in [0.1, 0.15) is 25.7 Å². The molecule has 4 nitrogen and oxygen atoms in total. The summed E-state index contributed by atoms with van der Waals surface area (Å²) in [7, 11) is 1.65. The summed E-state index contributed by atoms with van der Waals surface area (Å²) < 4.78 is 5.19. The first-order valence-corrected chi connectivity index (χ1v) is 7.94. The van der Waals surface area contributed by atoms with Crippen LogP contribution in [-0.4, -0.2) is 28.6 Å². The molecular weight excluding hydrogens is 272 g/mol. The second-order valence-corrected chi connectivity index (χ2v) is 6.13. The number of ether oxygens (including phenoxy) is 1. The molecule has 3 rings (SSSR count). The van der Waals surface area contributed by atoms with E-state index in [0.29, 0.717) is 11.5 Å². The first-order valence-electron chi connectivity index (χ1n) is 6.95. The molecule has 1 heterocycles. The highest BCUT2D eigenvalue weighted by atomic mass is 32.2. The molecule has 0 amide bonds. The maximum absolute atomic E-state index is 12.1. The molecule has 0 radical (unpaired) electrons. The number of imidazole rings is 1. The molecular formula is C15H18N2O2S. The Morgan fingerprint density at radius 1 is 1.45 bits per heavy atom. The number of Topliss-reactive ketones (excluding diaryl/α,β-unsaturated/α-hetero) is 1. The number of rotatable bonds is 5. The number of carbonyl (C=O) groups is 1. The van der Waals surface area contributed by atoms with Crippen molar-refractivity contribution in [1.82, 2.24) is 9.97 Å². The van der Waals surface area contributed by atoms with Crippen LogP contribution in [-0.2, 0) is 4.79 Å². The highest BCUT2D eigenvalue weighted by Crippen LogP contribution is 2.28. The first-order chi connectivity index (χ1) is 9.76. The van der Waals surface area contributed by atoms with Crippen molar-refractivity contribution in [2.45, 2.75) is 30.8 Å². The van der Waals surface area contributed by atoms with Crippen molar-refractivity contribution in [1.29, 1.82) is 0 Å². The minimum Gasteiger partial charge on any atom is -0.497 e. The third kappa shape index (κ3) is 2.82. The summed E-state index contributed by atoms with van der Waals surface area (Å²) in [5.74, 6) is 1.97. The molecule has 2 aromatic rings. The summed E-state index contributed by atoms with van der Waals surface area (Å²) in [6.45, 7) is 0. The Labute approximate surface area is 122 Å². The number of hydrogen-bond acceptors (Lipinski definition) is 4. The smallest absolute Gasteiger partial charge is 0.166 e. The third-order valence-electron chi connectivity index (χ3n) is 3.83. The molecule has 0 unspecified atom stereocenters. The molecule has 0 spiro atoms. The minimum atomic E-state index is 0.284. The van der Waals surface area contributed by atoms with E-state index in [4.69, 9.17) is 4.74 Å². The molecule has 1 aromatic carbocycles. The summed E-state index contributed by atoms with van der Waals surface area (Å²) >= 11 is 1.50. The summed E-state index contributed by atoms with van der Waals surface area (Å²) in [5.41, 5.74) is 1.85. The van der Waals surface area contributed by atoms with E-state index in [0.717, 1.165) is 34.8 Å². The van der Waals surface area contributed by atoms with Gasteiger partial charge in [-0.25, -0.2) is 4.98 Å². The van der Waals surface area contributed by atoms with E-state index in [-0.39, 0.29) is 5.92 Å². The largest absolute Gasteiger partial charge is 0.497 e. The molecule has 0 atom stereocenters. The number of nitrogens with one attached hydrogen (secondary N) is 1. The van der Waals surface area contributed by atoms with Crippen LogP contribution >= 0.6 is 11.8 Å². The Bertz CT molecular complexity index is 617. The molecule has 1 aliphatic carbocycles. The Morgan fingerprint density at radius 2 is 2.25 bits per heavy atom. The number of fused-ring (bicyclic) bond motifs is 1. The van der Waals surface area contributed by atoms with Crippen molar-refractivity contribution < 1.29 is 9.53 Å². The van der Waals surface area contributed by atoms with Crippen molar-refractivity contribution in [2.24, 2.45) is 5.92 Å². The summed E-state index contributed by atoms with van der Waals surface area (Å²) in [4.78, 5) is 19.8. The summed E-state index contributed by atoms with van der Waals surface area (Å²) in [6, 6.07) is 5.74. The minimum absolute atomic E-state index is 0.284. The number of hydrogen-bond donors (Lipinski definition) is 1. The van der Waals surface area contributed by atoms with Crippen LogP contribution < -0.4 is 4.74 Å². The van der Waals surface area contributed by atoms with Gasteiger partial charge in [0.05, 0.1) is 23.9 Å². The van der Waals surface area contributed by atoms with Gasteiger partial charge in [0, 0.05) is 12.0 Å². The normalized spacial score (nSPS) is 15.8. The van der Waals surface area contributed by atoms with E-state index in [1.165, 1.54) is 24.6 Å². The van der Waals surface area contributed by atoms with E-state index in [2.05, 4.69) is 9.97 Å². The average Bonchev–Trinajstić information content (AvgIpc) is 3.12. The lowest BCUT2D eigenvalue weighted by Crippen LogP contribution is -2.13. The Balaban J connectivity index is 1.66. The molecule has 0 saturated heterocycles. The third-order valence-corrected chi connectivity index (χ3v) is 4.72. The number of aromatic nitrogens is 2. The maximum Gasteiger partial charge on any atom is 0.166 e. The van der Waals surface area contributed by atoms with E-state index in [1.54, 1.807) is 7.11 Å². The second-order valence-electron chi connectivity index (χ2n) is 5.16. The van der Waals surface area contributed by atoms with Gasteiger partial charge < -0.3 is 9.72 Å². The molecule has 20 heavy (non-hydrogen) atoms. The fourth-order valence-electron chi connectivity index (χ4n) is 2.67. The van der Waals surface area contributed by atoms with Gasteiger partial charge in [-0.05, 0) is 25.0 Å². The molecule has 1 N–H and O–H groups in total. The lowest BCUT2D eigenvalue weighted by atomic mass is 10.0. The summed E-state index contributed by atoms with van der Waals surface area (Å²) in [5, 5.41) is 0.805. The Morgan fingerprint density at radius 3 is 3.00 bits per heavy atom. The van der Waals surface area contributed by atoms with Gasteiger partial charge in [0.25, 0.3) is 0 Å². The topological polar surface area (TPSA) is 55.0 Å². The fourth-order valence-corrected chi connectivity index (χ4v) is 3.53. The zero-order valence-electron chi connectivity index (χ0n) is 11.5. The lowest BCUT2D eigenvalue weighted by Gasteiger charge is -2.05. The number of aromatic amines is 1. The van der Waals surface area contributed by atoms with E-state index in [1.807, 2.05) is 18.2 Å². The Kier molecular flexibility index (Phi) is 3.96. The van der Waals surface area contributed by atoms with Gasteiger partial charge in [0.15, 0.2) is 5.16 Å². The predicted octanol–water partition coefficient (Wildman–Crippen LogP) is 3.42. The SMILES string of the molecule is COc1ccc2nc(SCC(=O)C3CCCC3)[nH]c2c1. The highest BCUT2D eigenvalue weighted by Gasteiger charge is 2.22. The number of thioether (sulfide) groups is 1. The Hall–Kier alpha value is -1.49.